The molecule has 0 atom stereocenters. The summed E-state index contributed by atoms with van der Waals surface area (Å²) in [7, 11) is 0. The number of carbonyl (C=O) groups is 2. The lowest BCUT2D eigenvalue weighted by atomic mass is 9.69. The zero-order valence-electron chi connectivity index (χ0n) is 11.0. The predicted octanol–water partition coefficient (Wildman–Crippen LogP) is 3.25. The van der Waals surface area contributed by atoms with E-state index in [4.69, 9.17) is 0 Å². The molecule has 1 saturated carbocycles. The van der Waals surface area contributed by atoms with Crippen LogP contribution < -0.4 is 10.6 Å². The van der Waals surface area contributed by atoms with Crippen LogP contribution in [-0.2, 0) is 15.0 Å². The molecule has 2 aliphatic rings. The monoisotopic (exact) mass is 278 g/mol. The summed E-state index contributed by atoms with van der Waals surface area (Å²) in [5.74, 6) is 0.0455. The number of nitrogens with one attached hydrogen (secondary N) is 2. The van der Waals surface area contributed by atoms with Crippen molar-refractivity contribution in [1.82, 2.24) is 0 Å². The van der Waals surface area contributed by atoms with Crippen LogP contribution in [0.5, 0.6) is 0 Å². The van der Waals surface area contributed by atoms with Crippen LogP contribution in [0, 0.1) is 0 Å². The van der Waals surface area contributed by atoms with E-state index in [1.54, 1.807) is 11.3 Å². The molecule has 5 heteroatoms. The van der Waals surface area contributed by atoms with E-state index in [1.807, 2.05) is 6.07 Å². The van der Waals surface area contributed by atoms with Crippen molar-refractivity contribution in [3.05, 3.63) is 10.9 Å². The highest BCUT2D eigenvalue weighted by Gasteiger charge is 2.42. The van der Waals surface area contributed by atoms with Gasteiger partial charge in [-0.3, -0.25) is 9.59 Å². The number of hydrogen-bond donors (Lipinski definition) is 2. The summed E-state index contributed by atoms with van der Waals surface area (Å²) in [6, 6.07) is 1.90. The van der Waals surface area contributed by atoms with Gasteiger partial charge in [-0.1, -0.05) is 19.3 Å². The first-order chi connectivity index (χ1) is 9.09. The van der Waals surface area contributed by atoms with Gasteiger partial charge in [0.2, 0.25) is 11.8 Å². The third kappa shape index (κ3) is 2.27. The van der Waals surface area contributed by atoms with Gasteiger partial charge >= 0.3 is 0 Å². The van der Waals surface area contributed by atoms with E-state index in [1.165, 1.54) is 31.1 Å². The molecular formula is C14H18N2O2S. The lowest BCUT2D eigenvalue weighted by molar-refractivity contribution is -0.118. The topological polar surface area (TPSA) is 58.2 Å². The fourth-order valence-corrected chi connectivity index (χ4v) is 4.63. The van der Waals surface area contributed by atoms with Gasteiger partial charge in [0.15, 0.2) is 0 Å². The molecule has 1 aromatic heterocycles. The van der Waals surface area contributed by atoms with Crippen LogP contribution in [0.1, 0.15) is 50.3 Å². The van der Waals surface area contributed by atoms with Crippen molar-refractivity contribution in [3.63, 3.8) is 0 Å². The van der Waals surface area contributed by atoms with Crippen molar-refractivity contribution < 1.29 is 9.59 Å². The van der Waals surface area contributed by atoms with Crippen LogP contribution >= 0.6 is 11.3 Å². The summed E-state index contributed by atoms with van der Waals surface area (Å²) in [6.07, 6.45) is 6.43. The highest BCUT2D eigenvalue weighted by Crippen LogP contribution is 2.51. The molecule has 1 aromatic rings. The number of fused-ring (bicyclic) bond motifs is 2. The van der Waals surface area contributed by atoms with E-state index in [9.17, 15) is 9.59 Å². The van der Waals surface area contributed by atoms with Crippen molar-refractivity contribution in [3.8, 4) is 0 Å². The average molecular weight is 278 g/mol. The first kappa shape index (κ1) is 12.7. The second-order valence-corrected chi connectivity index (χ2v) is 6.65. The largest absolute Gasteiger partial charge is 0.325 e. The van der Waals surface area contributed by atoms with E-state index < -0.39 is 0 Å². The van der Waals surface area contributed by atoms with Gasteiger partial charge in [0.25, 0.3) is 0 Å². The number of carbonyl (C=O) groups excluding carboxylic acids is 2. The fraction of sp³-hybridized carbons (Fsp3) is 0.571. The highest BCUT2D eigenvalue weighted by atomic mass is 32.1. The van der Waals surface area contributed by atoms with Crippen LogP contribution in [0.15, 0.2) is 6.07 Å². The highest BCUT2D eigenvalue weighted by molar-refractivity contribution is 7.17. The molecule has 19 heavy (non-hydrogen) atoms. The summed E-state index contributed by atoms with van der Waals surface area (Å²) >= 11 is 1.62. The Kier molecular flexibility index (Phi) is 3.09. The SMILES string of the molecule is CC(=O)Nc1cc2c(s1)C1(CCCCC1)CC(=O)N2. The van der Waals surface area contributed by atoms with Gasteiger partial charge < -0.3 is 10.6 Å². The molecular weight excluding hydrogens is 260 g/mol. The average Bonchev–Trinajstić information content (AvgIpc) is 2.72. The summed E-state index contributed by atoms with van der Waals surface area (Å²) < 4.78 is 0. The Balaban J connectivity index is 1.99. The quantitative estimate of drug-likeness (QED) is 0.828. The fourth-order valence-electron chi connectivity index (χ4n) is 3.33. The molecule has 102 valence electrons. The van der Waals surface area contributed by atoms with Crippen molar-refractivity contribution in [2.24, 2.45) is 0 Å². The number of amides is 2. The Morgan fingerprint density at radius 2 is 2.11 bits per heavy atom. The summed E-state index contributed by atoms with van der Waals surface area (Å²) in [5.41, 5.74) is 0.934. The van der Waals surface area contributed by atoms with Gasteiger partial charge in [0.05, 0.1) is 10.7 Å². The second kappa shape index (κ2) is 4.63. The van der Waals surface area contributed by atoms with Crippen molar-refractivity contribution >= 4 is 33.8 Å². The van der Waals surface area contributed by atoms with E-state index in [2.05, 4.69) is 10.6 Å². The third-order valence-corrected chi connectivity index (χ3v) is 5.39. The molecule has 1 aliphatic heterocycles. The van der Waals surface area contributed by atoms with Gasteiger partial charge in [-0.2, -0.15) is 0 Å². The third-order valence-electron chi connectivity index (χ3n) is 4.10. The van der Waals surface area contributed by atoms with Crippen LogP contribution in [0.3, 0.4) is 0 Å². The predicted molar refractivity (Wildman–Crippen MR) is 76.6 cm³/mol. The molecule has 0 aromatic carbocycles. The zero-order valence-corrected chi connectivity index (χ0v) is 11.9. The first-order valence-corrected chi connectivity index (χ1v) is 7.62. The molecule has 3 rings (SSSR count). The Bertz CT molecular complexity index is 530. The lowest BCUT2D eigenvalue weighted by Crippen LogP contribution is -2.37. The minimum Gasteiger partial charge on any atom is -0.325 e. The van der Waals surface area contributed by atoms with Crippen molar-refractivity contribution in [1.29, 1.82) is 0 Å². The molecule has 1 spiro atoms. The maximum absolute atomic E-state index is 11.9. The van der Waals surface area contributed by atoms with Crippen LogP contribution in [0.4, 0.5) is 10.7 Å². The molecule has 2 amide bonds. The maximum Gasteiger partial charge on any atom is 0.225 e. The van der Waals surface area contributed by atoms with Crippen LogP contribution in [-0.4, -0.2) is 11.8 Å². The number of rotatable bonds is 1. The van der Waals surface area contributed by atoms with E-state index in [0.717, 1.165) is 23.5 Å². The molecule has 4 nitrogen and oxygen atoms in total. The van der Waals surface area contributed by atoms with E-state index in [0.29, 0.717) is 6.42 Å². The number of anilines is 2. The smallest absolute Gasteiger partial charge is 0.225 e. The molecule has 0 radical (unpaired) electrons. The molecule has 1 fully saturated rings. The second-order valence-electron chi connectivity index (χ2n) is 5.60. The maximum atomic E-state index is 11.9. The van der Waals surface area contributed by atoms with Gasteiger partial charge in [-0.25, -0.2) is 0 Å². The van der Waals surface area contributed by atoms with Gasteiger partial charge in [0.1, 0.15) is 0 Å². The molecule has 2 N–H and O–H groups in total. The number of hydrogen-bond acceptors (Lipinski definition) is 3. The molecule has 0 unspecified atom stereocenters. The Labute approximate surface area is 116 Å². The Morgan fingerprint density at radius 3 is 2.79 bits per heavy atom. The lowest BCUT2D eigenvalue weighted by Gasteiger charge is -2.39. The Morgan fingerprint density at radius 1 is 1.37 bits per heavy atom. The molecule has 0 bridgehead atoms. The minimum atomic E-state index is -0.0670. The summed E-state index contributed by atoms with van der Waals surface area (Å²) in [5, 5.41) is 6.61. The molecule has 1 aliphatic carbocycles. The van der Waals surface area contributed by atoms with Gasteiger partial charge in [0, 0.05) is 23.6 Å². The van der Waals surface area contributed by atoms with Crippen molar-refractivity contribution in [2.75, 3.05) is 10.6 Å². The van der Waals surface area contributed by atoms with Gasteiger partial charge in [-0.15, -0.1) is 11.3 Å². The number of thiophene rings is 1. The first-order valence-electron chi connectivity index (χ1n) is 6.81. The molecule has 2 heterocycles. The summed E-state index contributed by atoms with van der Waals surface area (Å²) in [6.45, 7) is 1.51. The Hall–Kier alpha value is -1.36. The van der Waals surface area contributed by atoms with E-state index >= 15 is 0 Å². The molecule has 0 saturated heterocycles. The van der Waals surface area contributed by atoms with E-state index in [-0.39, 0.29) is 17.2 Å². The normalized spacial score (nSPS) is 20.8. The van der Waals surface area contributed by atoms with Crippen LogP contribution in [0.25, 0.3) is 0 Å². The minimum absolute atomic E-state index is 0.0251. The van der Waals surface area contributed by atoms with Crippen LogP contribution in [0.2, 0.25) is 0 Å². The standard InChI is InChI=1S/C14H18N2O2S/c1-9(17)15-12-7-10-13(19-12)14(8-11(18)16-10)5-3-2-4-6-14/h7H,2-6,8H2,1H3,(H,15,17)(H,16,18). The van der Waals surface area contributed by atoms with Crippen molar-refractivity contribution in [2.45, 2.75) is 50.9 Å². The zero-order chi connectivity index (χ0) is 13.5. The summed E-state index contributed by atoms with van der Waals surface area (Å²) in [4.78, 5) is 24.4. The van der Waals surface area contributed by atoms with Gasteiger partial charge in [-0.05, 0) is 18.9 Å².